The average molecular weight is 972 g/mol. The first-order valence-corrected chi connectivity index (χ1v) is 29.5. The summed E-state index contributed by atoms with van der Waals surface area (Å²) in [7, 11) is 3.77. The van der Waals surface area contributed by atoms with Crippen LogP contribution < -0.4 is 11.1 Å². The van der Waals surface area contributed by atoms with E-state index in [4.69, 9.17) is 10.7 Å². The van der Waals surface area contributed by atoms with Gasteiger partial charge in [-0.3, -0.25) is 9.79 Å². The van der Waals surface area contributed by atoms with Crippen LogP contribution in [0, 0.1) is 75.4 Å². The number of aromatic nitrogens is 2. The zero-order chi connectivity index (χ0) is 47.5. The summed E-state index contributed by atoms with van der Waals surface area (Å²) in [6.07, 6.45) is 21.6. The van der Waals surface area contributed by atoms with Crippen molar-refractivity contribution in [1.82, 2.24) is 14.9 Å². The van der Waals surface area contributed by atoms with E-state index in [0.29, 0.717) is 37.0 Å². The van der Waals surface area contributed by atoms with Crippen molar-refractivity contribution < 1.29 is 30.3 Å². The number of hydrogen-bond donors (Lipinski definition) is 7. The molecule has 2 heterocycles. The van der Waals surface area contributed by atoms with Crippen molar-refractivity contribution in [2.75, 3.05) is 18.1 Å². The van der Waals surface area contributed by atoms with Gasteiger partial charge >= 0.3 is 0 Å². The Labute approximate surface area is 412 Å². The van der Waals surface area contributed by atoms with Gasteiger partial charge < -0.3 is 41.2 Å². The van der Waals surface area contributed by atoms with Gasteiger partial charge in [0.2, 0.25) is 0 Å². The number of rotatable bonds is 5. The number of nitrogens with zero attached hydrogens (tertiary/aromatic N) is 3. The summed E-state index contributed by atoms with van der Waals surface area (Å²) < 4.78 is 2.31. The fraction of sp³-hybridized carbons (Fsp3) is 0.800. The second-order valence-electron chi connectivity index (χ2n) is 24.8. The highest BCUT2D eigenvalue weighted by Crippen LogP contribution is 2.75. The van der Waals surface area contributed by atoms with Gasteiger partial charge in [-0.05, 0) is 155 Å². The molecule has 0 aromatic carbocycles. The highest BCUT2D eigenvalue weighted by atomic mass is 33.1. The van der Waals surface area contributed by atoms with E-state index in [9.17, 15) is 25.5 Å². The lowest BCUT2D eigenvalue weighted by Crippen LogP contribution is -2.67. The number of ketones is 1. The van der Waals surface area contributed by atoms with Crippen LogP contribution in [-0.4, -0.2) is 95.0 Å². The third-order valence-electron chi connectivity index (χ3n) is 21.0. The van der Waals surface area contributed by atoms with Crippen molar-refractivity contribution in [2.24, 2.45) is 86.2 Å². The summed E-state index contributed by atoms with van der Waals surface area (Å²) in [5.41, 5.74) is 10.8. The number of imidazole rings is 1. The van der Waals surface area contributed by atoms with Crippen molar-refractivity contribution in [1.29, 1.82) is 0 Å². The lowest BCUT2D eigenvalue weighted by molar-refractivity contribution is -0.189. The molecule has 9 aliphatic carbocycles. The number of aliphatic hydroxyl groups excluding tert-OH is 4. The van der Waals surface area contributed by atoms with Crippen LogP contribution in [0.15, 0.2) is 57.7 Å². The number of carbonyl (C=O) groups is 1. The number of carbonyl (C=O) groups excluding carboxylic acids is 1. The lowest BCUT2D eigenvalue weighted by Gasteiger charge is -2.66. The molecule has 1 aromatic rings. The molecule has 0 amide bonds. The Kier molecular flexibility index (Phi) is 12.8. The predicted molar refractivity (Wildman–Crippen MR) is 270 cm³/mol. The predicted octanol–water partition coefficient (Wildman–Crippen LogP) is 8.29. The Morgan fingerprint density at radius 2 is 1.69 bits per heavy atom. The molecule has 374 valence electrons. The second kappa shape index (κ2) is 18.1. The van der Waals surface area contributed by atoms with Gasteiger partial charge in [0.25, 0.3) is 0 Å². The molecule has 6 saturated carbocycles. The van der Waals surface area contributed by atoms with Gasteiger partial charge in [0.05, 0.1) is 30.2 Å². The van der Waals surface area contributed by atoms with Crippen molar-refractivity contribution in [2.45, 2.75) is 179 Å². The molecular formula is C55H81N5O6S2. The van der Waals surface area contributed by atoms with Crippen LogP contribution in [0.4, 0.5) is 0 Å². The summed E-state index contributed by atoms with van der Waals surface area (Å²) in [6.45, 7) is 9.25. The van der Waals surface area contributed by atoms with Crippen LogP contribution in [0.2, 0.25) is 0 Å². The Hall–Kier alpha value is -2.13. The van der Waals surface area contributed by atoms with E-state index in [-0.39, 0.29) is 71.0 Å². The molecule has 7 fully saturated rings. The summed E-state index contributed by atoms with van der Waals surface area (Å²) in [5, 5.41) is 64.9. The molecule has 0 spiro atoms. The van der Waals surface area contributed by atoms with E-state index in [0.717, 1.165) is 82.0 Å². The monoisotopic (exact) mass is 972 g/mol. The average Bonchev–Trinajstić information content (AvgIpc) is 3.93. The van der Waals surface area contributed by atoms with Crippen LogP contribution in [0.25, 0.3) is 0 Å². The van der Waals surface area contributed by atoms with Gasteiger partial charge in [-0.15, -0.1) is 0 Å². The number of nitrogens with one attached hydrogen (secondary N) is 1. The Morgan fingerprint density at radius 1 is 0.926 bits per heavy atom. The second-order valence-corrected chi connectivity index (χ2v) is 27.3. The first-order valence-electron chi connectivity index (χ1n) is 27.0. The van der Waals surface area contributed by atoms with Crippen molar-refractivity contribution in [3.8, 4) is 0 Å². The van der Waals surface area contributed by atoms with Crippen LogP contribution in [-0.2, 0) is 4.79 Å². The molecule has 17 unspecified atom stereocenters. The molecule has 0 radical (unpaired) electrons. The molecule has 11 nitrogen and oxygen atoms in total. The zero-order valence-electron chi connectivity index (χ0n) is 41.2. The highest BCUT2D eigenvalue weighted by Gasteiger charge is 2.74. The highest BCUT2D eigenvalue weighted by molar-refractivity contribution is 8.76. The molecule has 4 bridgehead atoms. The first kappa shape index (κ1) is 48.2. The quantitative estimate of drug-likeness (QED) is 0.0495. The van der Waals surface area contributed by atoms with Gasteiger partial charge in [0, 0.05) is 65.6 Å². The van der Waals surface area contributed by atoms with Gasteiger partial charge in [0.15, 0.2) is 11.7 Å². The van der Waals surface area contributed by atoms with Crippen LogP contribution in [0.1, 0.15) is 149 Å². The number of aliphatic imine (C=N–C) groups is 1. The van der Waals surface area contributed by atoms with E-state index < -0.39 is 46.9 Å². The van der Waals surface area contributed by atoms with Crippen LogP contribution >= 0.6 is 21.6 Å². The largest absolute Gasteiger partial charge is 0.392 e. The van der Waals surface area contributed by atoms with Gasteiger partial charge in [0.1, 0.15) is 6.23 Å². The number of nitrogens with two attached hydrogens (primary N) is 1. The molecule has 8 N–H and O–H groups in total. The Morgan fingerprint density at radius 3 is 2.46 bits per heavy atom. The van der Waals surface area contributed by atoms with E-state index in [1.54, 1.807) is 23.6 Å². The van der Waals surface area contributed by atoms with Crippen molar-refractivity contribution in [3.63, 3.8) is 0 Å². The number of aliphatic hydroxyl groups is 5. The van der Waals surface area contributed by atoms with E-state index >= 15 is 4.79 Å². The minimum absolute atomic E-state index is 0.00812. The summed E-state index contributed by atoms with van der Waals surface area (Å²) in [6, 6.07) is 0.192. The summed E-state index contributed by atoms with van der Waals surface area (Å²) in [5.74, 6) is 1.60. The zero-order valence-corrected chi connectivity index (χ0v) is 42.8. The fourth-order valence-electron chi connectivity index (χ4n) is 18.8. The fourth-order valence-corrected chi connectivity index (χ4v) is 21.5. The molecule has 11 rings (SSSR count). The molecular weight excluding hydrogens is 891 g/mol. The SMILES string of the molecule is CC(O)NC(N)=NCC1CC2(C)C3CC(CSSCC(n4ccnc4)CC(C)(C)C4=C5CCCCC5C5=C6C(CCC5)CC3C(O)C64)C2(O)C2=CC(=O)C3CC(O)C(O)CC3(C3CCCCC3)C21. The molecule has 13 heteroatoms. The molecule has 68 heavy (non-hydrogen) atoms. The van der Waals surface area contributed by atoms with Crippen LogP contribution in [0.5, 0.6) is 0 Å². The third kappa shape index (κ3) is 7.47. The first-order chi connectivity index (χ1) is 32.6. The molecule has 10 aliphatic rings. The van der Waals surface area contributed by atoms with Crippen LogP contribution in [0.3, 0.4) is 0 Å². The van der Waals surface area contributed by atoms with Gasteiger partial charge in [-0.25, -0.2) is 4.98 Å². The van der Waals surface area contributed by atoms with E-state index in [1.165, 1.54) is 31.3 Å². The minimum Gasteiger partial charge on any atom is -0.392 e. The van der Waals surface area contributed by atoms with Crippen molar-refractivity contribution >= 4 is 33.3 Å². The normalized spacial score (nSPS) is 45.5. The van der Waals surface area contributed by atoms with E-state index in [2.05, 4.69) is 41.8 Å². The summed E-state index contributed by atoms with van der Waals surface area (Å²) >= 11 is 0. The maximum absolute atomic E-state index is 15.3. The third-order valence-corrected chi connectivity index (χ3v) is 23.6. The Bertz CT molecular complexity index is 2220. The maximum Gasteiger partial charge on any atom is 0.190 e. The standard InChI is InChI=1S/C55H81N5O6S2/c1-30(61)59-51(56)58-26-32-23-53(4)40-20-34(55(53,66)42-22-43(62)41-21-44(63)45(64)25-54(41,48(32)42)33-12-6-5-7-13-33)27-67-68-28-35(60-18-17-57-29-60)24-52(2,3)49-38-15-9-8-14-36(38)37-16-10-11-31-19-39(40)50(65)47(49)46(31)37/h17-18,22,29-36,39-41,44-45,47-48,50,61,63-66H,5-16,19-21,23-28H2,1-4H3,(H3,56,58,59). The Balaban J connectivity index is 1.09. The molecule has 1 saturated heterocycles. The summed E-state index contributed by atoms with van der Waals surface area (Å²) in [4.78, 5) is 24.8. The van der Waals surface area contributed by atoms with Gasteiger partial charge in [-0.1, -0.05) is 90.3 Å². The number of guanidine groups is 1. The molecule has 1 aliphatic heterocycles. The van der Waals surface area contributed by atoms with Crippen molar-refractivity contribution in [3.05, 3.63) is 52.7 Å². The topological polar surface area (TPSA) is 186 Å². The number of hydrogen-bond acceptors (Lipinski definition) is 10. The lowest BCUT2D eigenvalue weighted by atomic mass is 9.39. The van der Waals surface area contributed by atoms with E-state index in [1.807, 2.05) is 40.2 Å². The molecule has 1 aromatic heterocycles. The number of allylic oxidation sites excluding steroid dienone is 3. The number of fused-ring (bicyclic) bond motifs is 13. The minimum atomic E-state index is -1.36. The van der Waals surface area contributed by atoms with Gasteiger partial charge in [-0.2, -0.15) is 0 Å². The molecule has 17 atom stereocenters. The maximum atomic E-state index is 15.3. The smallest absolute Gasteiger partial charge is 0.190 e.